The number of carbonyl (C=O) groups is 1. The van der Waals surface area contributed by atoms with Crippen molar-refractivity contribution in [3.63, 3.8) is 0 Å². The molecule has 0 unspecified atom stereocenters. The van der Waals surface area contributed by atoms with Crippen molar-refractivity contribution >= 4 is 12.0 Å². The zero-order valence-corrected chi connectivity index (χ0v) is 17.9. The molecule has 1 atom stereocenters. The van der Waals surface area contributed by atoms with Gasteiger partial charge >= 0.3 is 0 Å². The van der Waals surface area contributed by atoms with E-state index in [-0.39, 0.29) is 5.91 Å². The highest BCUT2D eigenvalue weighted by Gasteiger charge is 2.26. The van der Waals surface area contributed by atoms with Gasteiger partial charge < -0.3 is 9.64 Å². The van der Waals surface area contributed by atoms with Crippen LogP contribution in [0.3, 0.4) is 0 Å². The number of ether oxygens (including phenoxy) is 1. The van der Waals surface area contributed by atoms with Gasteiger partial charge in [-0.05, 0) is 55.4 Å². The number of benzene rings is 2. The number of fused-ring (bicyclic) bond motifs is 1. The lowest BCUT2D eigenvalue weighted by Crippen LogP contribution is -2.51. The Kier molecular flexibility index (Phi) is 6.85. The largest absolute Gasteiger partial charge is 0.481 e. The quantitative estimate of drug-likeness (QED) is 0.724. The molecule has 4 heteroatoms. The molecule has 0 saturated carbocycles. The minimum Gasteiger partial charge on any atom is -0.481 e. The Morgan fingerprint density at radius 2 is 1.77 bits per heavy atom. The first-order valence-corrected chi connectivity index (χ1v) is 11.2. The third kappa shape index (κ3) is 5.11. The third-order valence-electron chi connectivity index (χ3n) is 6.16. The van der Waals surface area contributed by atoms with E-state index in [0.29, 0.717) is 0 Å². The molecule has 158 valence electrons. The van der Waals surface area contributed by atoms with Gasteiger partial charge in [0.25, 0.3) is 5.91 Å². The lowest BCUT2D eigenvalue weighted by atomic mass is 9.91. The van der Waals surface area contributed by atoms with Crippen LogP contribution in [0.1, 0.15) is 36.5 Å². The number of hydrogen-bond donors (Lipinski definition) is 0. The molecule has 0 bridgehead atoms. The van der Waals surface area contributed by atoms with Crippen molar-refractivity contribution in [3.8, 4) is 5.75 Å². The summed E-state index contributed by atoms with van der Waals surface area (Å²) in [6.45, 7) is 6.13. The van der Waals surface area contributed by atoms with Crippen LogP contribution in [0.2, 0.25) is 0 Å². The lowest BCUT2D eigenvalue weighted by molar-refractivity contribution is -0.139. The summed E-state index contributed by atoms with van der Waals surface area (Å²) in [7, 11) is 0. The van der Waals surface area contributed by atoms with Crippen LogP contribution in [0.4, 0.5) is 0 Å². The molecule has 1 amide bonds. The summed E-state index contributed by atoms with van der Waals surface area (Å²) in [4.78, 5) is 17.3. The Bertz CT molecular complexity index is 870. The highest BCUT2D eigenvalue weighted by molar-refractivity contribution is 5.81. The second-order valence-electron chi connectivity index (χ2n) is 8.30. The van der Waals surface area contributed by atoms with Gasteiger partial charge in [-0.15, -0.1) is 0 Å². The predicted molar refractivity (Wildman–Crippen MR) is 122 cm³/mol. The van der Waals surface area contributed by atoms with Crippen LogP contribution in [0.15, 0.2) is 54.6 Å². The fourth-order valence-corrected chi connectivity index (χ4v) is 4.41. The first kappa shape index (κ1) is 20.7. The Morgan fingerprint density at radius 3 is 2.57 bits per heavy atom. The normalized spacial score (nSPS) is 18.2. The van der Waals surface area contributed by atoms with Crippen LogP contribution < -0.4 is 4.74 Å². The van der Waals surface area contributed by atoms with Crippen LogP contribution in [0.25, 0.3) is 6.08 Å². The maximum Gasteiger partial charge on any atom is 0.263 e. The van der Waals surface area contributed by atoms with Crippen molar-refractivity contribution in [1.29, 1.82) is 0 Å². The number of hydrogen-bond acceptors (Lipinski definition) is 3. The summed E-state index contributed by atoms with van der Waals surface area (Å²) in [5.41, 5.74) is 3.91. The van der Waals surface area contributed by atoms with Crippen LogP contribution in [0.5, 0.6) is 5.75 Å². The zero-order valence-electron chi connectivity index (χ0n) is 17.9. The van der Waals surface area contributed by atoms with E-state index < -0.39 is 6.10 Å². The number of amides is 1. The molecule has 0 radical (unpaired) electrons. The molecule has 0 N–H and O–H groups in total. The molecular formula is C26H32N2O2. The van der Waals surface area contributed by atoms with Gasteiger partial charge in [0, 0.05) is 32.7 Å². The van der Waals surface area contributed by atoms with E-state index in [4.69, 9.17) is 4.74 Å². The van der Waals surface area contributed by atoms with Crippen molar-refractivity contribution in [3.05, 3.63) is 71.3 Å². The lowest BCUT2D eigenvalue weighted by Gasteiger charge is -2.35. The summed E-state index contributed by atoms with van der Waals surface area (Å²) in [5.74, 6) is 1.00. The molecule has 1 fully saturated rings. The Labute approximate surface area is 180 Å². The highest BCUT2D eigenvalue weighted by atomic mass is 16.5. The molecule has 1 saturated heterocycles. The molecule has 1 heterocycles. The number of piperazine rings is 1. The third-order valence-corrected chi connectivity index (χ3v) is 6.16. The van der Waals surface area contributed by atoms with Gasteiger partial charge in [-0.1, -0.05) is 54.6 Å². The second-order valence-corrected chi connectivity index (χ2v) is 8.30. The monoisotopic (exact) mass is 404 g/mol. The van der Waals surface area contributed by atoms with Gasteiger partial charge in [0.1, 0.15) is 5.75 Å². The number of rotatable bonds is 6. The van der Waals surface area contributed by atoms with Crippen molar-refractivity contribution in [1.82, 2.24) is 9.80 Å². The number of carbonyl (C=O) groups excluding carboxylic acids is 1. The highest BCUT2D eigenvalue weighted by Crippen LogP contribution is 2.30. The molecule has 0 aromatic heterocycles. The van der Waals surface area contributed by atoms with Crippen molar-refractivity contribution < 1.29 is 9.53 Å². The molecule has 2 aromatic rings. The molecule has 1 aliphatic carbocycles. The van der Waals surface area contributed by atoms with E-state index in [1.807, 2.05) is 24.0 Å². The molecular weight excluding hydrogens is 372 g/mol. The second kappa shape index (κ2) is 9.94. The van der Waals surface area contributed by atoms with Crippen molar-refractivity contribution in [2.24, 2.45) is 0 Å². The number of nitrogens with zero attached hydrogens (tertiary/aromatic N) is 2. The molecule has 1 aliphatic heterocycles. The van der Waals surface area contributed by atoms with Crippen LogP contribution in [-0.4, -0.2) is 54.5 Å². The average Bonchev–Trinajstić information content (AvgIpc) is 2.80. The Hall–Kier alpha value is -2.59. The fraction of sp³-hybridized carbons (Fsp3) is 0.423. The van der Waals surface area contributed by atoms with E-state index in [2.05, 4.69) is 53.5 Å². The summed E-state index contributed by atoms with van der Waals surface area (Å²) < 4.78 is 6.15. The van der Waals surface area contributed by atoms with Crippen LogP contribution in [0, 0.1) is 0 Å². The van der Waals surface area contributed by atoms with Gasteiger partial charge in [-0.25, -0.2) is 0 Å². The molecule has 4 nitrogen and oxygen atoms in total. The summed E-state index contributed by atoms with van der Waals surface area (Å²) in [5, 5.41) is 0. The molecule has 2 aromatic carbocycles. The van der Waals surface area contributed by atoms with Gasteiger partial charge in [-0.3, -0.25) is 9.69 Å². The smallest absolute Gasteiger partial charge is 0.263 e. The van der Waals surface area contributed by atoms with E-state index in [1.54, 1.807) is 0 Å². The standard InChI is InChI=1S/C26H32N2O2/c1-21(30-25-15-7-13-23-12-5-6-14-24(23)25)26(29)28-19-17-27(18-20-28)16-8-11-22-9-3-2-4-10-22/h2-4,7-11,13,15,21H,5-6,12,14,16-20H2,1H3/b11-8+/t21-/m0/s1. The molecule has 2 aliphatic rings. The summed E-state index contributed by atoms with van der Waals surface area (Å²) in [6, 6.07) is 16.6. The fourth-order valence-electron chi connectivity index (χ4n) is 4.41. The summed E-state index contributed by atoms with van der Waals surface area (Å²) in [6.07, 6.45) is 8.55. The first-order valence-electron chi connectivity index (χ1n) is 11.2. The Morgan fingerprint density at radius 1 is 1.00 bits per heavy atom. The van der Waals surface area contributed by atoms with E-state index in [1.165, 1.54) is 29.5 Å². The van der Waals surface area contributed by atoms with Gasteiger partial charge in [0.15, 0.2) is 6.10 Å². The minimum absolute atomic E-state index is 0.0999. The SMILES string of the molecule is C[C@H](Oc1cccc2c1CCCC2)C(=O)N1CCN(C/C=C/c2ccccc2)CC1. The van der Waals surface area contributed by atoms with Crippen molar-refractivity contribution in [2.45, 2.75) is 38.7 Å². The number of aryl methyl sites for hydroxylation is 1. The minimum atomic E-state index is -0.442. The summed E-state index contributed by atoms with van der Waals surface area (Å²) >= 11 is 0. The molecule has 0 spiro atoms. The predicted octanol–water partition coefficient (Wildman–Crippen LogP) is 4.19. The zero-order chi connectivity index (χ0) is 20.8. The van der Waals surface area contributed by atoms with Gasteiger partial charge in [0.2, 0.25) is 0 Å². The molecule has 30 heavy (non-hydrogen) atoms. The maximum atomic E-state index is 12.9. The van der Waals surface area contributed by atoms with Gasteiger partial charge in [0.05, 0.1) is 0 Å². The van der Waals surface area contributed by atoms with Gasteiger partial charge in [-0.2, -0.15) is 0 Å². The van der Waals surface area contributed by atoms with Crippen LogP contribution >= 0.6 is 0 Å². The van der Waals surface area contributed by atoms with Crippen LogP contribution in [-0.2, 0) is 17.6 Å². The van der Waals surface area contributed by atoms with Crippen molar-refractivity contribution in [2.75, 3.05) is 32.7 Å². The first-order chi connectivity index (χ1) is 14.7. The van der Waals surface area contributed by atoms with E-state index >= 15 is 0 Å². The Balaban J connectivity index is 1.26. The van der Waals surface area contributed by atoms with E-state index in [0.717, 1.165) is 51.3 Å². The average molecular weight is 405 g/mol. The maximum absolute atomic E-state index is 12.9. The topological polar surface area (TPSA) is 32.8 Å². The molecule has 4 rings (SSSR count). The van der Waals surface area contributed by atoms with E-state index in [9.17, 15) is 4.79 Å².